The van der Waals surface area contributed by atoms with Crippen molar-refractivity contribution >= 4 is 41.5 Å². The van der Waals surface area contributed by atoms with Gasteiger partial charge < -0.3 is 35.6 Å². The molecule has 1 heterocycles. The Morgan fingerprint density at radius 3 is 2.04 bits per heavy atom. The normalized spacial score (nSPS) is 20.8. The Hall–Kier alpha value is -3.71. The van der Waals surface area contributed by atoms with Crippen LogP contribution in [0.15, 0.2) is 0 Å². The zero-order valence-electron chi connectivity index (χ0n) is 28.9. The summed E-state index contributed by atoms with van der Waals surface area (Å²) in [4.78, 5) is 91.7. The molecular weight excluding hydrogens is 610 g/mol. The molecule has 1 saturated heterocycles. The predicted octanol–water partition coefficient (Wildman–Crippen LogP) is 1.59. The van der Waals surface area contributed by atoms with Crippen molar-refractivity contribution in [2.45, 2.75) is 117 Å². The maximum atomic E-state index is 13.9. The number of carbonyl (C=O) groups excluding carboxylic acids is 7. The highest BCUT2D eigenvalue weighted by atomic mass is 16.6. The Balaban J connectivity index is 1.62. The van der Waals surface area contributed by atoms with Crippen LogP contribution >= 0.6 is 0 Å². The number of amides is 5. The van der Waals surface area contributed by atoms with Gasteiger partial charge in [-0.3, -0.25) is 28.8 Å². The van der Waals surface area contributed by atoms with E-state index in [2.05, 4.69) is 21.3 Å². The van der Waals surface area contributed by atoms with Crippen molar-refractivity contribution in [3.05, 3.63) is 0 Å². The highest BCUT2D eigenvalue weighted by Gasteiger charge is 2.46. The van der Waals surface area contributed by atoms with Gasteiger partial charge in [-0.05, 0) is 69.6 Å². The third kappa shape index (κ3) is 12.4. The lowest BCUT2D eigenvalue weighted by Crippen LogP contribution is -2.60. The average molecular weight is 664 g/mol. The van der Waals surface area contributed by atoms with E-state index in [0.29, 0.717) is 18.9 Å². The number of nitrogens with zero attached hydrogens (tertiary/aromatic N) is 1. The van der Waals surface area contributed by atoms with Crippen LogP contribution in [0.2, 0.25) is 0 Å². The Labute approximate surface area is 277 Å². The molecule has 2 saturated carbocycles. The first-order valence-electron chi connectivity index (χ1n) is 16.7. The summed E-state index contributed by atoms with van der Waals surface area (Å²) in [6.07, 6.45) is 4.50. The molecule has 0 bridgehead atoms. The second kappa shape index (κ2) is 15.9. The van der Waals surface area contributed by atoms with E-state index in [4.69, 9.17) is 9.47 Å². The van der Waals surface area contributed by atoms with Gasteiger partial charge in [0.25, 0.3) is 5.91 Å². The van der Waals surface area contributed by atoms with Gasteiger partial charge in [-0.2, -0.15) is 0 Å². The first kappa shape index (κ1) is 37.7. The third-order valence-corrected chi connectivity index (χ3v) is 8.37. The maximum Gasteiger partial charge on any atom is 0.325 e. The van der Waals surface area contributed by atoms with Gasteiger partial charge in [0, 0.05) is 13.1 Å². The second-order valence-electron chi connectivity index (χ2n) is 15.2. The summed E-state index contributed by atoms with van der Waals surface area (Å²) in [6.45, 7) is 12.5. The van der Waals surface area contributed by atoms with Crippen LogP contribution in [0.25, 0.3) is 0 Å². The molecule has 0 aromatic carbocycles. The summed E-state index contributed by atoms with van der Waals surface area (Å²) < 4.78 is 10.4. The molecule has 0 aromatic rings. The molecule has 0 aromatic heterocycles. The van der Waals surface area contributed by atoms with Crippen LogP contribution in [-0.2, 0) is 38.2 Å². The fourth-order valence-electron chi connectivity index (χ4n) is 5.38. The summed E-state index contributed by atoms with van der Waals surface area (Å²) >= 11 is 0. The van der Waals surface area contributed by atoms with Crippen molar-refractivity contribution in [1.29, 1.82) is 0 Å². The van der Waals surface area contributed by atoms with Gasteiger partial charge >= 0.3 is 18.0 Å². The van der Waals surface area contributed by atoms with Crippen molar-refractivity contribution in [2.24, 2.45) is 23.2 Å². The molecule has 0 spiro atoms. The molecule has 3 aliphatic rings. The second-order valence-corrected chi connectivity index (χ2v) is 15.2. The van der Waals surface area contributed by atoms with E-state index in [-0.39, 0.29) is 44.3 Å². The zero-order valence-corrected chi connectivity index (χ0v) is 28.9. The topological polar surface area (TPSA) is 189 Å². The first-order chi connectivity index (χ1) is 21.9. The minimum absolute atomic E-state index is 0.0953. The van der Waals surface area contributed by atoms with Gasteiger partial charge in [-0.25, -0.2) is 4.79 Å². The number of rotatable bonds is 15. The van der Waals surface area contributed by atoms with E-state index in [1.165, 1.54) is 4.90 Å². The molecule has 3 fully saturated rings. The number of Topliss-reactive ketones (excluding diaryl/α,β-unsaturated/α-hetero) is 1. The molecule has 5 amide bonds. The maximum absolute atomic E-state index is 13.9. The lowest BCUT2D eigenvalue weighted by molar-refractivity contribution is -0.154. The number of esters is 2. The molecule has 4 unspecified atom stereocenters. The Bertz CT molecular complexity index is 1200. The van der Waals surface area contributed by atoms with E-state index in [1.807, 2.05) is 6.92 Å². The predicted molar refractivity (Wildman–Crippen MR) is 170 cm³/mol. The van der Waals surface area contributed by atoms with E-state index in [1.54, 1.807) is 41.5 Å². The fraction of sp³-hybridized carbons (Fsp3) is 0.788. The number of nitrogens with one attached hydrogen (secondary N) is 4. The molecule has 1 aliphatic heterocycles. The summed E-state index contributed by atoms with van der Waals surface area (Å²) in [5, 5.41) is 10.3. The highest BCUT2D eigenvalue weighted by molar-refractivity contribution is 6.38. The van der Waals surface area contributed by atoms with Crippen LogP contribution in [-0.4, -0.2) is 96.3 Å². The Kier molecular flexibility index (Phi) is 12.8. The smallest absolute Gasteiger partial charge is 0.325 e. The Morgan fingerprint density at radius 1 is 0.830 bits per heavy atom. The van der Waals surface area contributed by atoms with Crippen LogP contribution in [0, 0.1) is 23.2 Å². The van der Waals surface area contributed by atoms with Gasteiger partial charge in [0.05, 0.1) is 19.1 Å². The summed E-state index contributed by atoms with van der Waals surface area (Å²) in [7, 11) is 0. The number of ether oxygens (including phenoxy) is 2. The molecular formula is C33H53N5O9. The molecule has 4 N–H and O–H groups in total. The molecule has 2 aliphatic carbocycles. The number of carbonyl (C=O) groups is 7. The van der Waals surface area contributed by atoms with Crippen LogP contribution in [0.3, 0.4) is 0 Å². The fourth-order valence-corrected chi connectivity index (χ4v) is 5.38. The molecule has 0 radical (unpaired) electrons. The number of urea groups is 1. The minimum atomic E-state index is -1.09. The van der Waals surface area contributed by atoms with Gasteiger partial charge in [0.1, 0.15) is 24.2 Å². The molecule has 4 atom stereocenters. The zero-order chi connectivity index (χ0) is 35.1. The van der Waals surface area contributed by atoms with Crippen molar-refractivity contribution in [3.8, 4) is 0 Å². The van der Waals surface area contributed by atoms with Crippen LogP contribution in [0.1, 0.15) is 93.4 Å². The van der Waals surface area contributed by atoms with E-state index in [0.717, 1.165) is 25.7 Å². The van der Waals surface area contributed by atoms with Crippen LogP contribution < -0.4 is 21.3 Å². The SMILES string of the molecule is CC1CCN(C(=O)C(NC(=O)NCC(=O)OCC2CC2)C(C)(C)C)C1C(=O)NC(CC1CC1)C(=O)C(=O)NCCC(=O)OC(C)(C)C. The standard InChI is InChI=1S/C33H53N5O9/c1-19-13-15-38(30(44)27(32(2,3)4)37-31(45)35-17-24(40)46-18-21-10-11-21)25(19)28(42)36-22(16-20-8-9-20)26(41)29(43)34-14-12-23(39)47-33(5,6)7/h19-22,25,27H,8-18H2,1-7H3,(H,34,43)(H,36,42)(H2,35,37,45). The van der Waals surface area contributed by atoms with Crippen molar-refractivity contribution < 1.29 is 43.0 Å². The summed E-state index contributed by atoms with van der Waals surface area (Å²) in [6, 6.07) is -3.78. The van der Waals surface area contributed by atoms with Gasteiger partial charge in [-0.1, -0.05) is 40.5 Å². The summed E-state index contributed by atoms with van der Waals surface area (Å²) in [5.74, 6) is -3.52. The van der Waals surface area contributed by atoms with Gasteiger partial charge in [0.2, 0.25) is 17.6 Å². The van der Waals surface area contributed by atoms with E-state index >= 15 is 0 Å². The highest BCUT2D eigenvalue weighted by Crippen LogP contribution is 2.34. The van der Waals surface area contributed by atoms with Crippen LogP contribution in [0.5, 0.6) is 0 Å². The summed E-state index contributed by atoms with van der Waals surface area (Å²) in [5.41, 5.74) is -1.43. The lowest BCUT2D eigenvalue weighted by Gasteiger charge is -2.36. The van der Waals surface area contributed by atoms with E-state index < -0.39 is 70.6 Å². The number of likely N-dealkylation sites (tertiary alicyclic amines) is 1. The molecule has 47 heavy (non-hydrogen) atoms. The van der Waals surface area contributed by atoms with Gasteiger partial charge in [-0.15, -0.1) is 0 Å². The van der Waals surface area contributed by atoms with Gasteiger partial charge in [0.15, 0.2) is 0 Å². The molecule has 264 valence electrons. The minimum Gasteiger partial charge on any atom is -0.464 e. The first-order valence-corrected chi connectivity index (χ1v) is 16.7. The molecule has 3 rings (SSSR count). The van der Waals surface area contributed by atoms with Crippen LogP contribution in [0.4, 0.5) is 4.79 Å². The number of ketones is 1. The van der Waals surface area contributed by atoms with E-state index in [9.17, 15) is 33.6 Å². The van der Waals surface area contributed by atoms with Crippen molar-refractivity contribution in [3.63, 3.8) is 0 Å². The quantitative estimate of drug-likeness (QED) is 0.149. The average Bonchev–Trinajstić information content (AvgIpc) is 3.90. The third-order valence-electron chi connectivity index (χ3n) is 8.37. The monoisotopic (exact) mass is 663 g/mol. The lowest BCUT2D eigenvalue weighted by atomic mass is 9.85. The number of hydrogen-bond donors (Lipinski definition) is 4. The molecule has 14 nitrogen and oxygen atoms in total. The Morgan fingerprint density at radius 2 is 1.47 bits per heavy atom. The largest absolute Gasteiger partial charge is 0.464 e. The van der Waals surface area contributed by atoms with Crippen molar-refractivity contribution in [2.75, 3.05) is 26.2 Å². The number of hydrogen-bond acceptors (Lipinski definition) is 9. The molecule has 14 heteroatoms. The van der Waals surface area contributed by atoms with Crippen molar-refractivity contribution in [1.82, 2.24) is 26.2 Å².